The molecule has 0 radical (unpaired) electrons. The third kappa shape index (κ3) is 4.20. The van der Waals surface area contributed by atoms with Gasteiger partial charge in [-0.25, -0.2) is 0 Å². The molecule has 0 saturated carbocycles. The van der Waals surface area contributed by atoms with Crippen molar-refractivity contribution < 1.29 is 14.7 Å². The summed E-state index contributed by atoms with van der Waals surface area (Å²) in [7, 11) is 0. The van der Waals surface area contributed by atoms with Gasteiger partial charge in [-0.2, -0.15) is 0 Å². The van der Waals surface area contributed by atoms with E-state index in [1.807, 2.05) is 0 Å². The lowest BCUT2D eigenvalue weighted by Gasteiger charge is -2.18. The van der Waals surface area contributed by atoms with Crippen LogP contribution in [-0.2, 0) is 4.79 Å². The number of nitrogens with one attached hydrogen (secondary N) is 2. The molecule has 1 amide bonds. The van der Waals surface area contributed by atoms with Crippen LogP contribution in [0.4, 0.5) is 0 Å². The highest BCUT2D eigenvalue weighted by Gasteiger charge is 2.22. The number of aromatic amines is 1. The largest absolute Gasteiger partial charge is 0.481 e. The van der Waals surface area contributed by atoms with Crippen LogP contribution in [0, 0.1) is 6.92 Å². The van der Waals surface area contributed by atoms with Gasteiger partial charge in [0, 0.05) is 10.7 Å². The summed E-state index contributed by atoms with van der Waals surface area (Å²) in [4.78, 5) is 37.7. The van der Waals surface area contributed by atoms with Crippen molar-refractivity contribution >= 4 is 23.5 Å². The first-order valence-corrected chi connectivity index (χ1v) is 7.23. The van der Waals surface area contributed by atoms with Crippen molar-refractivity contribution in [2.24, 2.45) is 0 Å². The normalized spacial score (nSPS) is 11.7. The number of aliphatic carboxylic acids is 1. The summed E-state index contributed by atoms with van der Waals surface area (Å²) in [6, 6.07) is 8.80. The van der Waals surface area contributed by atoms with E-state index < -0.39 is 23.5 Å². The molecule has 0 spiro atoms. The van der Waals surface area contributed by atoms with Crippen LogP contribution in [-0.4, -0.2) is 22.0 Å². The Morgan fingerprint density at radius 3 is 2.57 bits per heavy atom. The number of rotatable bonds is 5. The van der Waals surface area contributed by atoms with Crippen LogP contribution in [0.3, 0.4) is 0 Å². The van der Waals surface area contributed by atoms with Gasteiger partial charge >= 0.3 is 5.97 Å². The molecule has 1 aromatic carbocycles. The van der Waals surface area contributed by atoms with Gasteiger partial charge in [-0.1, -0.05) is 29.8 Å². The van der Waals surface area contributed by atoms with Crippen molar-refractivity contribution in [3.05, 3.63) is 68.6 Å². The maximum absolute atomic E-state index is 12.3. The Labute approximate surface area is 137 Å². The smallest absolute Gasteiger partial charge is 0.305 e. The zero-order valence-corrected chi connectivity index (χ0v) is 13.1. The molecule has 0 bridgehead atoms. The number of aromatic nitrogens is 1. The number of H-pyrrole nitrogens is 1. The molecular weight excluding hydrogens is 320 g/mol. The molecule has 1 aromatic heterocycles. The van der Waals surface area contributed by atoms with Gasteiger partial charge in [0.1, 0.15) is 5.56 Å². The molecule has 2 rings (SSSR count). The van der Waals surface area contributed by atoms with Crippen molar-refractivity contribution in [1.29, 1.82) is 0 Å². The number of hydrogen-bond donors (Lipinski definition) is 3. The minimum atomic E-state index is -1.09. The summed E-state index contributed by atoms with van der Waals surface area (Å²) in [5.74, 6) is -1.74. The van der Waals surface area contributed by atoms with Gasteiger partial charge in [-0.3, -0.25) is 14.4 Å². The van der Waals surface area contributed by atoms with E-state index >= 15 is 0 Å². The summed E-state index contributed by atoms with van der Waals surface area (Å²) < 4.78 is 0. The summed E-state index contributed by atoms with van der Waals surface area (Å²) in [5.41, 5.74) is 0.488. The van der Waals surface area contributed by atoms with Crippen molar-refractivity contribution in [2.75, 3.05) is 0 Å². The minimum Gasteiger partial charge on any atom is -0.481 e. The number of halogens is 1. The van der Waals surface area contributed by atoms with Crippen LogP contribution in [0.2, 0.25) is 5.02 Å². The van der Waals surface area contributed by atoms with E-state index in [4.69, 9.17) is 16.7 Å². The number of benzene rings is 1. The molecule has 2 aromatic rings. The highest BCUT2D eigenvalue weighted by atomic mass is 35.5. The van der Waals surface area contributed by atoms with Gasteiger partial charge in [0.25, 0.3) is 11.5 Å². The van der Waals surface area contributed by atoms with Gasteiger partial charge in [0.05, 0.1) is 12.5 Å². The predicted octanol–water partition coefficient (Wildman–Crippen LogP) is 2.28. The Morgan fingerprint density at radius 1 is 1.26 bits per heavy atom. The molecule has 120 valence electrons. The van der Waals surface area contributed by atoms with E-state index in [0.717, 1.165) is 0 Å². The number of carbonyl (C=O) groups excluding carboxylic acids is 1. The van der Waals surface area contributed by atoms with Crippen molar-refractivity contribution in [3.63, 3.8) is 0 Å². The Balaban J connectivity index is 2.31. The Bertz CT molecular complexity index is 801. The second-order valence-electron chi connectivity index (χ2n) is 5.03. The molecule has 0 fully saturated rings. The second-order valence-corrected chi connectivity index (χ2v) is 5.44. The fourth-order valence-corrected chi connectivity index (χ4v) is 2.43. The van der Waals surface area contributed by atoms with Gasteiger partial charge in [0.2, 0.25) is 0 Å². The van der Waals surface area contributed by atoms with Crippen molar-refractivity contribution in [1.82, 2.24) is 10.3 Å². The number of carbonyl (C=O) groups is 2. The molecule has 0 aliphatic heterocycles. The number of hydrogen-bond acceptors (Lipinski definition) is 3. The molecule has 0 saturated heterocycles. The third-order valence-electron chi connectivity index (χ3n) is 3.26. The summed E-state index contributed by atoms with van der Waals surface area (Å²) in [5, 5.41) is 12.0. The SMILES string of the molecule is Cc1ccc(C(=O)NC(CC(=O)O)c2ccccc2Cl)c(=O)[nH]1. The Kier molecular flexibility index (Phi) is 5.18. The Hall–Kier alpha value is -2.60. The van der Waals surface area contributed by atoms with Crippen LogP contribution in [0.15, 0.2) is 41.2 Å². The van der Waals surface area contributed by atoms with Crippen molar-refractivity contribution in [2.45, 2.75) is 19.4 Å². The first kappa shape index (κ1) is 16.8. The maximum atomic E-state index is 12.3. The maximum Gasteiger partial charge on any atom is 0.305 e. The van der Waals surface area contributed by atoms with Gasteiger partial charge < -0.3 is 15.4 Å². The fraction of sp³-hybridized carbons (Fsp3) is 0.188. The van der Waals surface area contributed by atoms with Gasteiger partial charge in [-0.05, 0) is 30.7 Å². The fourth-order valence-electron chi connectivity index (χ4n) is 2.16. The van der Waals surface area contributed by atoms with Crippen LogP contribution in [0.1, 0.15) is 34.1 Å². The molecular formula is C16H15ClN2O4. The van der Waals surface area contributed by atoms with E-state index in [0.29, 0.717) is 16.3 Å². The lowest BCUT2D eigenvalue weighted by molar-refractivity contribution is -0.137. The molecule has 1 atom stereocenters. The zero-order chi connectivity index (χ0) is 17.0. The zero-order valence-electron chi connectivity index (χ0n) is 12.3. The Morgan fingerprint density at radius 2 is 1.96 bits per heavy atom. The molecule has 3 N–H and O–H groups in total. The number of pyridine rings is 1. The van der Waals surface area contributed by atoms with Gasteiger partial charge in [0.15, 0.2) is 0 Å². The van der Waals surface area contributed by atoms with Crippen LogP contribution >= 0.6 is 11.6 Å². The second kappa shape index (κ2) is 7.11. The van der Waals surface area contributed by atoms with Crippen molar-refractivity contribution in [3.8, 4) is 0 Å². The van der Waals surface area contributed by atoms with E-state index in [9.17, 15) is 14.4 Å². The molecule has 7 heteroatoms. The molecule has 1 heterocycles. The number of amides is 1. The highest BCUT2D eigenvalue weighted by Crippen LogP contribution is 2.25. The highest BCUT2D eigenvalue weighted by molar-refractivity contribution is 6.31. The standard InChI is InChI=1S/C16H15ClN2O4/c1-9-6-7-11(15(22)18-9)16(23)19-13(8-14(20)21)10-4-2-3-5-12(10)17/h2-7,13H,8H2,1H3,(H,18,22)(H,19,23)(H,20,21). The molecule has 23 heavy (non-hydrogen) atoms. The first-order chi connectivity index (χ1) is 10.9. The number of carboxylic acids is 1. The van der Waals surface area contributed by atoms with E-state index in [-0.39, 0.29) is 12.0 Å². The first-order valence-electron chi connectivity index (χ1n) is 6.85. The van der Waals surface area contributed by atoms with Gasteiger partial charge in [-0.15, -0.1) is 0 Å². The molecule has 0 aliphatic carbocycles. The summed E-state index contributed by atoms with van der Waals surface area (Å²) in [6.07, 6.45) is -0.348. The number of carboxylic acid groups (broad SMARTS) is 1. The average Bonchev–Trinajstić information content (AvgIpc) is 2.46. The van der Waals surface area contributed by atoms with Crippen LogP contribution in [0.25, 0.3) is 0 Å². The lowest BCUT2D eigenvalue weighted by Crippen LogP contribution is -2.34. The quantitative estimate of drug-likeness (QED) is 0.781. The predicted molar refractivity (Wildman–Crippen MR) is 85.7 cm³/mol. The lowest BCUT2D eigenvalue weighted by atomic mass is 10.0. The monoisotopic (exact) mass is 334 g/mol. The molecule has 0 aliphatic rings. The number of aryl methyl sites for hydroxylation is 1. The molecule has 6 nitrogen and oxygen atoms in total. The minimum absolute atomic E-state index is 0.0851. The van der Waals surface area contributed by atoms with Crippen LogP contribution < -0.4 is 10.9 Å². The molecule has 1 unspecified atom stereocenters. The van der Waals surface area contributed by atoms with E-state index in [1.165, 1.54) is 6.07 Å². The topological polar surface area (TPSA) is 99.3 Å². The summed E-state index contributed by atoms with van der Waals surface area (Å²) >= 11 is 6.07. The third-order valence-corrected chi connectivity index (χ3v) is 3.61. The van der Waals surface area contributed by atoms with E-state index in [2.05, 4.69) is 10.3 Å². The summed E-state index contributed by atoms with van der Waals surface area (Å²) in [6.45, 7) is 1.69. The van der Waals surface area contributed by atoms with E-state index in [1.54, 1.807) is 37.3 Å². The average molecular weight is 335 g/mol. The van der Waals surface area contributed by atoms with Crippen LogP contribution in [0.5, 0.6) is 0 Å².